The van der Waals surface area contributed by atoms with Gasteiger partial charge >= 0.3 is 0 Å². The van der Waals surface area contributed by atoms with Gasteiger partial charge in [0.1, 0.15) is 11.5 Å². The number of carbonyl (C=O) groups is 1. The molecule has 2 aromatic carbocycles. The van der Waals surface area contributed by atoms with Crippen molar-refractivity contribution in [3.8, 4) is 17.2 Å². The summed E-state index contributed by atoms with van der Waals surface area (Å²) in [4.78, 5) is 12.1. The first-order chi connectivity index (χ1) is 13.1. The number of hydrogen-bond donors (Lipinski definition) is 1. The zero-order chi connectivity index (χ0) is 19.2. The van der Waals surface area contributed by atoms with Gasteiger partial charge in [0.05, 0.1) is 18.5 Å². The molecule has 0 aliphatic carbocycles. The topological polar surface area (TPSA) is 65.4 Å². The predicted octanol–water partition coefficient (Wildman–Crippen LogP) is 3.19. The molecule has 1 heterocycles. The summed E-state index contributed by atoms with van der Waals surface area (Å²) >= 11 is 0. The van der Waals surface area contributed by atoms with E-state index >= 15 is 0 Å². The van der Waals surface area contributed by atoms with Crippen molar-refractivity contribution in [2.24, 2.45) is 0 Å². The quantitative estimate of drug-likeness (QED) is 0.698. The van der Waals surface area contributed by atoms with Crippen LogP contribution in [0, 0.1) is 13.8 Å². The summed E-state index contributed by atoms with van der Waals surface area (Å²) in [6, 6.07) is 17.0. The second kappa shape index (κ2) is 8.40. The Balaban J connectivity index is 1.58. The number of nitrogens with zero attached hydrogens (tertiary/aromatic N) is 2. The van der Waals surface area contributed by atoms with Crippen molar-refractivity contribution in [1.29, 1.82) is 0 Å². The fourth-order valence-electron chi connectivity index (χ4n) is 2.81. The number of nitrogens with one attached hydrogen (secondary N) is 1. The molecule has 3 aromatic rings. The summed E-state index contributed by atoms with van der Waals surface area (Å²) in [5.41, 5.74) is 3.91. The minimum atomic E-state index is -0.183. The molecule has 0 atom stereocenters. The van der Waals surface area contributed by atoms with E-state index in [4.69, 9.17) is 9.47 Å². The molecule has 0 spiro atoms. The van der Waals surface area contributed by atoms with Crippen LogP contribution in [-0.4, -0.2) is 29.4 Å². The van der Waals surface area contributed by atoms with Gasteiger partial charge in [-0.05, 0) is 50.2 Å². The Morgan fingerprint density at radius 1 is 1.04 bits per heavy atom. The molecular weight excluding hydrogens is 342 g/mol. The van der Waals surface area contributed by atoms with Gasteiger partial charge in [0.2, 0.25) is 0 Å². The summed E-state index contributed by atoms with van der Waals surface area (Å²) in [6.07, 6.45) is 0. The van der Waals surface area contributed by atoms with Gasteiger partial charge in [0.25, 0.3) is 5.91 Å². The molecule has 0 saturated heterocycles. The fraction of sp³-hybridized carbons (Fsp3) is 0.238. The van der Waals surface area contributed by atoms with Crippen molar-refractivity contribution in [1.82, 2.24) is 15.1 Å². The number of amides is 1. The van der Waals surface area contributed by atoms with E-state index in [0.29, 0.717) is 12.3 Å². The molecular formula is C21H23N3O3. The summed E-state index contributed by atoms with van der Waals surface area (Å²) in [5.74, 6) is 1.18. The van der Waals surface area contributed by atoms with E-state index < -0.39 is 0 Å². The Morgan fingerprint density at radius 3 is 2.37 bits per heavy atom. The number of ether oxygens (including phenoxy) is 2. The normalized spacial score (nSPS) is 10.5. The molecule has 6 heteroatoms. The molecule has 0 bridgehead atoms. The first-order valence-electron chi connectivity index (χ1n) is 8.72. The minimum Gasteiger partial charge on any atom is -0.497 e. The molecule has 0 fully saturated rings. The van der Waals surface area contributed by atoms with Gasteiger partial charge < -0.3 is 14.8 Å². The summed E-state index contributed by atoms with van der Waals surface area (Å²) < 4.78 is 12.5. The van der Waals surface area contributed by atoms with Crippen molar-refractivity contribution < 1.29 is 14.3 Å². The Labute approximate surface area is 158 Å². The number of aryl methyl sites for hydroxylation is 1. The number of rotatable bonds is 7. The van der Waals surface area contributed by atoms with Crippen LogP contribution in [0.4, 0.5) is 0 Å². The van der Waals surface area contributed by atoms with Crippen molar-refractivity contribution in [3.63, 3.8) is 0 Å². The van der Waals surface area contributed by atoms with Crippen molar-refractivity contribution in [3.05, 3.63) is 71.5 Å². The smallest absolute Gasteiger partial charge is 0.258 e. The highest BCUT2D eigenvalue weighted by Crippen LogP contribution is 2.18. The number of methoxy groups -OCH3 is 1. The third-order valence-electron chi connectivity index (χ3n) is 4.33. The van der Waals surface area contributed by atoms with E-state index in [2.05, 4.69) is 10.4 Å². The average Bonchev–Trinajstić information content (AvgIpc) is 2.99. The summed E-state index contributed by atoms with van der Waals surface area (Å²) in [7, 11) is 1.60. The maximum Gasteiger partial charge on any atom is 0.258 e. The number of aromatic nitrogens is 2. The minimum absolute atomic E-state index is 0.0444. The Kier molecular flexibility index (Phi) is 5.76. The molecule has 27 heavy (non-hydrogen) atoms. The van der Waals surface area contributed by atoms with Crippen LogP contribution in [0.3, 0.4) is 0 Å². The molecule has 140 valence electrons. The zero-order valence-corrected chi connectivity index (χ0v) is 15.7. The summed E-state index contributed by atoms with van der Waals surface area (Å²) in [6.45, 7) is 4.32. The predicted molar refractivity (Wildman–Crippen MR) is 103 cm³/mol. The van der Waals surface area contributed by atoms with Crippen LogP contribution in [0.15, 0.2) is 54.6 Å². The molecule has 0 radical (unpaired) electrons. The van der Waals surface area contributed by atoms with Crippen molar-refractivity contribution >= 4 is 5.91 Å². The number of para-hydroxylation sites is 1. The molecule has 0 aliphatic rings. The molecule has 1 amide bonds. The maximum absolute atomic E-state index is 12.1. The molecule has 0 unspecified atom stereocenters. The Hall–Kier alpha value is -3.28. The molecule has 6 nitrogen and oxygen atoms in total. The van der Waals surface area contributed by atoms with Crippen LogP contribution < -0.4 is 14.8 Å². The lowest BCUT2D eigenvalue weighted by atomic mass is 10.2. The molecule has 3 rings (SSSR count). The van der Waals surface area contributed by atoms with E-state index in [0.717, 1.165) is 28.4 Å². The first kappa shape index (κ1) is 18.5. The number of hydrogen-bond acceptors (Lipinski definition) is 4. The van der Waals surface area contributed by atoms with Crippen molar-refractivity contribution in [2.75, 3.05) is 13.7 Å². The maximum atomic E-state index is 12.1. The third kappa shape index (κ3) is 4.47. The first-order valence-corrected chi connectivity index (χ1v) is 8.72. The molecule has 0 aliphatic heterocycles. The standard InChI is InChI=1S/C21H23N3O3/c1-15-20(16(2)24(23-15)17-7-5-4-6-8-17)13-22-21(25)14-27-19-11-9-18(26-3)10-12-19/h4-12H,13-14H2,1-3H3,(H,22,25). The van der Waals surface area contributed by atoms with Gasteiger partial charge in [-0.2, -0.15) is 5.10 Å². The van der Waals surface area contributed by atoms with Crippen LogP contribution in [0.5, 0.6) is 11.5 Å². The Morgan fingerprint density at radius 2 is 1.70 bits per heavy atom. The highest BCUT2D eigenvalue weighted by atomic mass is 16.5. The third-order valence-corrected chi connectivity index (χ3v) is 4.33. The average molecular weight is 365 g/mol. The van der Waals surface area contributed by atoms with Gasteiger partial charge in [0.15, 0.2) is 6.61 Å². The molecule has 0 saturated carbocycles. The van der Waals surface area contributed by atoms with Crippen LogP contribution in [0.2, 0.25) is 0 Å². The van der Waals surface area contributed by atoms with E-state index in [1.807, 2.05) is 48.9 Å². The van der Waals surface area contributed by atoms with E-state index in [1.165, 1.54) is 0 Å². The highest BCUT2D eigenvalue weighted by Gasteiger charge is 2.13. The van der Waals surface area contributed by atoms with Crippen molar-refractivity contribution in [2.45, 2.75) is 20.4 Å². The van der Waals surface area contributed by atoms with Gasteiger partial charge in [-0.3, -0.25) is 4.79 Å². The summed E-state index contributed by atoms with van der Waals surface area (Å²) in [5, 5.41) is 7.49. The van der Waals surface area contributed by atoms with E-state index in [-0.39, 0.29) is 12.5 Å². The van der Waals surface area contributed by atoms with Gasteiger partial charge in [-0.25, -0.2) is 4.68 Å². The van der Waals surface area contributed by atoms with Crippen LogP contribution in [-0.2, 0) is 11.3 Å². The lowest BCUT2D eigenvalue weighted by molar-refractivity contribution is -0.123. The highest BCUT2D eigenvalue weighted by molar-refractivity contribution is 5.77. The van der Waals surface area contributed by atoms with Crippen LogP contribution in [0.25, 0.3) is 5.69 Å². The van der Waals surface area contributed by atoms with Crippen LogP contribution >= 0.6 is 0 Å². The van der Waals surface area contributed by atoms with Crippen LogP contribution in [0.1, 0.15) is 17.0 Å². The molecule has 1 N–H and O–H groups in total. The van der Waals surface area contributed by atoms with E-state index in [1.54, 1.807) is 31.4 Å². The monoisotopic (exact) mass is 365 g/mol. The second-order valence-corrected chi connectivity index (χ2v) is 6.14. The molecule has 1 aromatic heterocycles. The van der Waals surface area contributed by atoms with Gasteiger partial charge in [0, 0.05) is 17.8 Å². The number of carbonyl (C=O) groups excluding carboxylic acids is 1. The van der Waals surface area contributed by atoms with Gasteiger partial charge in [-0.1, -0.05) is 18.2 Å². The largest absolute Gasteiger partial charge is 0.497 e. The van der Waals surface area contributed by atoms with Gasteiger partial charge in [-0.15, -0.1) is 0 Å². The SMILES string of the molecule is COc1ccc(OCC(=O)NCc2c(C)nn(-c3ccccc3)c2C)cc1. The Bertz CT molecular complexity index is 902. The second-order valence-electron chi connectivity index (χ2n) is 6.14. The number of benzene rings is 2. The lowest BCUT2D eigenvalue weighted by Gasteiger charge is -2.09. The fourth-order valence-corrected chi connectivity index (χ4v) is 2.81. The van der Waals surface area contributed by atoms with E-state index in [9.17, 15) is 4.79 Å². The zero-order valence-electron chi connectivity index (χ0n) is 15.7. The lowest BCUT2D eigenvalue weighted by Crippen LogP contribution is -2.28.